The highest BCUT2D eigenvalue weighted by atomic mass is 16.5. The van der Waals surface area contributed by atoms with Crippen LogP contribution >= 0.6 is 0 Å². The number of hydrogen-bond donors (Lipinski definition) is 5. The highest BCUT2D eigenvalue weighted by Crippen LogP contribution is 2.38. The average Bonchev–Trinajstić information content (AvgIpc) is 2.98. The van der Waals surface area contributed by atoms with Gasteiger partial charge < -0.3 is 40.1 Å². The number of aliphatic hydroxyl groups excluding tert-OH is 4. The van der Waals surface area contributed by atoms with Gasteiger partial charge in [-0.15, -0.1) is 0 Å². The lowest BCUT2D eigenvalue weighted by Crippen LogP contribution is -2.55. The molecule has 0 bridgehead atoms. The molecule has 4 rings (SSSR count). The van der Waals surface area contributed by atoms with Crippen molar-refractivity contribution >= 4 is 11.7 Å². The molecule has 1 amide bonds. The van der Waals surface area contributed by atoms with Gasteiger partial charge in [-0.3, -0.25) is 9.59 Å². The van der Waals surface area contributed by atoms with E-state index in [1.807, 2.05) is 57.0 Å². The van der Waals surface area contributed by atoms with Crippen LogP contribution in [0.1, 0.15) is 67.0 Å². The zero-order valence-electron chi connectivity index (χ0n) is 26.3. The molecule has 0 unspecified atom stereocenters. The summed E-state index contributed by atoms with van der Waals surface area (Å²) in [4.78, 5) is 29.9. The van der Waals surface area contributed by atoms with Crippen LogP contribution in [0.4, 0.5) is 0 Å². The molecule has 10 nitrogen and oxygen atoms in total. The molecular formula is C34H48N2O8. The number of rotatable bonds is 11. The fourth-order valence-corrected chi connectivity index (χ4v) is 6.16. The Morgan fingerprint density at radius 1 is 0.955 bits per heavy atom. The summed E-state index contributed by atoms with van der Waals surface area (Å²) in [5.74, 6) is 0.0541. The van der Waals surface area contributed by atoms with Crippen molar-refractivity contribution in [2.45, 2.75) is 83.4 Å². The number of aryl methyl sites for hydroxylation is 2. The molecule has 10 heteroatoms. The van der Waals surface area contributed by atoms with Gasteiger partial charge in [0.1, 0.15) is 42.1 Å². The molecule has 2 aromatic carbocycles. The van der Waals surface area contributed by atoms with Crippen molar-refractivity contribution in [3.63, 3.8) is 0 Å². The maximum atomic E-state index is 13.0. The molecule has 44 heavy (non-hydrogen) atoms. The lowest BCUT2D eigenvalue weighted by Gasteiger charge is -2.40. The smallest absolute Gasteiger partial charge is 0.228 e. The van der Waals surface area contributed by atoms with E-state index in [0.717, 1.165) is 41.8 Å². The van der Waals surface area contributed by atoms with Crippen molar-refractivity contribution in [2.24, 2.45) is 5.41 Å². The van der Waals surface area contributed by atoms with Crippen molar-refractivity contribution in [2.75, 3.05) is 39.8 Å². The Bertz CT molecular complexity index is 1290. The van der Waals surface area contributed by atoms with Gasteiger partial charge in [-0.25, -0.2) is 0 Å². The maximum absolute atomic E-state index is 13.0. The quantitative estimate of drug-likeness (QED) is 0.256. The zero-order valence-corrected chi connectivity index (χ0v) is 26.3. The van der Waals surface area contributed by atoms with Gasteiger partial charge >= 0.3 is 0 Å². The van der Waals surface area contributed by atoms with Crippen LogP contribution < -0.4 is 0 Å². The van der Waals surface area contributed by atoms with E-state index in [2.05, 4.69) is 4.90 Å². The average molecular weight is 613 g/mol. The topological polar surface area (TPSA) is 151 Å². The molecule has 0 aliphatic carbocycles. The van der Waals surface area contributed by atoms with E-state index in [9.17, 15) is 35.1 Å². The second-order valence-corrected chi connectivity index (χ2v) is 13.1. The van der Waals surface area contributed by atoms with Crippen LogP contribution in [0.15, 0.2) is 36.4 Å². The Kier molecular flexibility index (Phi) is 11.2. The third-order valence-electron chi connectivity index (χ3n) is 9.03. The van der Waals surface area contributed by atoms with Crippen LogP contribution in [0, 0.1) is 12.3 Å². The van der Waals surface area contributed by atoms with E-state index in [4.69, 9.17) is 4.74 Å². The van der Waals surface area contributed by atoms with Crippen molar-refractivity contribution < 1.29 is 39.9 Å². The predicted molar refractivity (Wildman–Crippen MR) is 165 cm³/mol. The molecule has 242 valence electrons. The van der Waals surface area contributed by atoms with Crippen LogP contribution in [-0.4, -0.2) is 111 Å². The molecule has 0 radical (unpaired) electrons. The summed E-state index contributed by atoms with van der Waals surface area (Å²) in [7, 11) is 2.05. The van der Waals surface area contributed by atoms with Crippen molar-refractivity contribution in [3.8, 4) is 5.75 Å². The van der Waals surface area contributed by atoms with Crippen molar-refractivity contribution in [1.82, 2.24) is 9.80 Å². The highest BCUT2D eigenvalue weighted by molar-refractivity contribution is 5.89. The van der Waals surface area contributed by atoms with Gasteiger partial charge in [-0.2, -0.15) is 0 Å². The molecule has 5 N–H and O–H groups in total. The predicted octanol–water partition coefficient (Wildman–Crippen LogP) is 1.89. The summed E-state index contributed by atoms with van der Waals surface area (Å²) < 4.78 is 5.67. The number of phenolic OH excluding ortho intramolecular Hbond substituents is 1. The molecule has 0 saturated carbocycles. The zero-order chi connectivity index (χ0) is 32.2. The fourth-order valence-electron chi connectivity index (χ4n) is 6.16. The third-order valence-corrected chi connectivity index (χ3v) is 9.03. The maximum Gasteiger partial charge on any atom is 0.228 e. The van der Waals surface area contributed by atoms with E-state index in [-0.39, 0.29) is 29.4 Å². The number of aliphatic hydroxyl groups is 4. The summed E-state index contributed by atoms with van der Waals surface area (Å²) in [5.41, 5.74) is 3.44. The first-order chi connectivity index (χ1) is 20.8. The monoisotopic (exact) mass is 612 g/mol. The first kappa shape index (κ1) is 34.0. The molecule has 2 aliphatic heterocycles. The number of benzene rings is 2. The summed E-state index contributed by atoms with van der Waals surface area (Å²) in [6.45, 7) is 8.18. The first-order valence-electron chi connectivity index (χ1n) is 15.5. The number of nitrogens with zero attached hydrogens (tertiary/aromatic N) is 2. The van der Waals surface area contributed by atoms with Gasteiger partial charge in [0.25, 0.3) is 0 Å². The van der Waals surface area contributed by atoms with Crippen LogP contribution in [0.2, 0.25) is 0 Å². The Labute approximate surface area is 259 Å². The number of carbonyl (C=O) groups excluding carboxylic acids is 2. The number of piperazine rings is 1. The molecule has 2 aromatic rings. The number of aromatic hydroxyl groups is 1. The van der Waals surface area contributed by atoms with Gasteiger partial charge in [-0.1, -0.05) is 38.1 Å². The number of hydrogen-bond acceptors (Lipinski definition) is 9. The van der Waals surface area contributed by atoms with Crippen LogP contribution in [-0.2, 0) is 27.2 Å². The number of ketones is 1. The highest BCUT2D eigenvalue weighted by Gasteiger charge is 2.45. The molecule has 5 atom stereocenters. The Hall–Kier alpha value is -2.86. The van der Waals surface area contributed by atoms with Gasteiger partial charge in [0.05, 0.1) is 12.0 Å². The summed E-state index contributed by atoms with van der Waals surface area (Å²) in [6, 6.07) is 11.4. The van der Waals surface area contributed by atoms with Gasteiger partial charge in [-0.05, 0) is 67.6 Å². The van der Waals surface area contributed by atoms with Crippen LogP contribution in [0.5, 0.6) is 5.75 Å². The second kappa shape index (κ2) is 14.5. The molecule has 0 aromatic heterocycles. The van der Waals surface area contributed by atoms with Gasteiger partial charge in [0, 0.05) is 44.6 Å². The van der Waals surface area contributed by atoms with E-state index in [0.29, 0.717) is 32.4 Å². The number of Topliss-reactive ketones (excluding diaryl/α,β-unsaturated/α-hetero) is 1. The second-order valence-electron chi connectivity index (χ2n) is 13.1. The van der Waals surface area contributed by atoms with Crippen LogP contribution in [0.25, 0.3) is 0 Å². The first-order valence-corrected chi connectivity index (χ1v) is 15.5. The van der Waals surface area contributed by atoms with Gasteiger partial charge in [0.15, 0.2) is 0 Å². The molecule has 2 heterocycles. The molecule has 2 saturated heterocycles. The number of phenols is 1. The van der Waals surface area contributed by atoms with Crippen molar-refractivity contribution in [1.29, 1.82) is 0 Å². The molecule has 0 spiro atoms. The third kappa shape index (κ3) is 8.04. The lowest BCUT2D eigenvalue weighted by molar-refractivity contribution is -0.232. The van der Waals surface area contributed by atoms with Gasteiger partial charge in [0.2, 0.25) is 5.91 Å². The minimum absolute atomic E-state index is 0.0544. The van der Waals surface area contributed by atoms with Crippen LogP contribution in [0.3, 0.4) is 0 Å². The SMILES string of the molecule is Cc1cc(O)c([C@@H]2O[C@H](CO)[C@@H](O)[C@H](O)[C@H]2O)cc1Cc1ccc(CCCC(=O)CC(C)(C)C(=O)N2CCN(C)CC2)cc1. The summed E-state index contributed by atoms with van der Waals surface area (Å²) in [6.07, 6.45) is -4.01. The van der Waals surface area contributed by atoms with E-state index < -0.39 is 42.5 Å². The Balaban J connectivity index is 1.31. The summed E-state index contributed by atoms with van der Waals surface area (Å²) >= 11 is 0. The largest absolute Gasteiger partial charge is 0.508 e. The minimum atomic E-state index is -1.53. The molecule has 2 aliphatic rings. The van der Waals surface area contributed by atoms with Crippen molar-refractivity contribution in [3.05, 3.63) is 64.2 Å². The Morgan fingerprint density at radius 3 is 2.23 bits per heavy atom. The Morgan fingerprint density at radius 2 is 1.59 bits per heavy atom. The lowest BCUT2D eigenvalue weighted by atomic mass is 9.84. The van der Waals surface area contributed by atoms with E-state index in [1.54, 1.807) is 12.1 Å². The number of likely N-dealkylation sites (N-methyl/N-ethyl adjacent to an activating group) is 1. The normalized spacial score (nSPS) is 24.8. The number of ether oxygens (including phenoxy) is 1. The molecular weight excluding hydrogens is 564 g/mol. The number of carbonyl (C=O) groups is 2. The summed E-state index contributed by atoms with van der Waals surface area (Å²) in [5, 5.41) is 51.1. The van der Waals surface area contributed by atoms with E-state index >= 15 is 0 Å². The standard InChI is InChI=1S/C34H48N2O8/c1-21-16-27(39)26(32-31(42)30(41)29(40)28(20-37)44-32)18-24(21)17-23-10-8-22(9-11-23)6-5-7-25(38)19-34(2,3)33(43)36-14-12-35(4)13-15-36/h8-11,16,18,28-32,37,39-42H,5-7,12-15,17,19-20H2,1-4H3/t28-,29-,30+,31-,32+/m1/s1. The minimum Gasteiger partial charge on any atom is -0.508 e. The number of amides is 1. The van der Waals surface area contributed by atoms with E-state index in [1.165, 1.54) is 0 Å². The molecule has 2 fully saturated rings. The fraction of sp³-hybridized carbons (Fsp3) is 0.588.